The molecule has 1 atom stereocenters. The predicted molar refractivity (Wildman–Crippen MR) is 74.1 cm³/mol. The van der Waals surface area contributed by atoms with Crippen LogP contribution in [0, 0.1) is 17.8 Å². The lowest BCUT2D eigenvalue weighted by molar-refractivity contribution is 0.235. The standard InChI is InChI=1S/C14H26BrN/c1-12(6-8-15)7-9-16(10-13-2-3-13)11-14-4-5-14/h12-14H,2-11H2,1H3. The summed E-state index contributed by atoms with van der Waals surface area (Å²) in [7, 11) is 0. The third-order valence-electron chi connectivity index (χ3n) is 3.97. The van der Waals surface area contributed by atoms with Crippen molar-refractivity contribution in [2.24, 2.45) is 17.8 Å². The molecule has 2 aliphatic carbocycles. The minimum Gasteiger partial charge on any atom is -0.303 e. The highest BCUT2D eigenvalue weighted by Crippen LogP contribution is 2.33. The number of hydrogen-bond donors (Lipinski definition) is 0. The second kappa shape index (κ2) is 6.39. The Kier molecular flexibility index (Phi) is 5.15. The molecule has 0 radical (unpaired) electrons. The zero-order valence-corrected chi connectivity index (χ0v) is 12.2. The summed E-state index contributed by atoms with van der Waals surface area (Å²) < 4.78 is 0. The van der Waals surface area contributed by atoms with Gasteiger partial charge in [0, 0.05) is 18.4 Å². The van der Waals surface area contributed by atoms with Gasteiger partial charge in [-0.2, -0.15) is 0 Å². The summed E-state index contributed by atoms with van der Waals surface area (Å²) in [4.78, 5) is 2.76. The number of halogens is 1. The van der Waals surface area contributed by atoms with Crippen LogP contribution in [0.15, 0.2) is 0 Å². The van der Waals surface area contributed by atoms with E-state index in [-0.39, 0.29) is 0 Å². The molecular weight excluding hydrogens is 262 g/mol. The van der Waals surface area contributed by atoms with Crippen molar-refractivity contribution in [3.8, 4) is 0 Å². The molecule has 2 fully saturated rings. The van der Waals surface area contributed by atoms with Crippen LogP contribution in [0.3, 0.4) is 0 Å². The third kappa shape index (κ3) is 5.18. The van der Waals surface area contributed by atoms with E-state index < -0.39 is 0 Å². The van der Waals surface area contributed by atoms with Crippen LogP contribution in [0.1, 0.15) is 45.4 Å². The van der Waals surface area contributed by atoms with E-state index in [1.807, 2.05) is 0 Å². The van der Waals surface area contributed by atoms with Crippen LogP contribution in [0.5, 0.6) is 0 Å². The Balaban J connectivity index is 1.63. The first-order valence-electron chi connectivity index (χ1n) is 7.06. The summed E-state index contributed by atoms with van der Waals surface area (Å²) in [6.45, 7) is 6.55. The molecular formula is C14H26BrN. The molecule has 1 unspecified atom stereocenters. The molecule has 0 bridgehead atoms. The topological polar surface area (TPSA) is 3.24 Å². The van der Waals surface area contributed by atoms with Crippen LogP contribution < -0.4 is 0 Å². The second-order valence-electron chi connectivity index (χ2n) is 6.02. The van der Waals surface area contributed by atoms with Crippen molar-refractivity contribution in [1.29, 1.82) is 0 Å². The Morgan fingerprint density at radius 1 is 1.06 bits per heavy atom. The molecule has 0 amide bonds. The summed E-state index contributed by atoms with van der Waals surface area (Å²) in [5.74, 6) is 3.01. The van der Waals surface area contributed by atoms with Gasteiger partial charge in [-0.3, -0.25) is 0 Å². The molecule has 0 heterocycles. The first-order valence-corrected chi connectivity index (χ1v) is 8.18. The SMILES string of the molecule is CC(CCBr)CCN(CC1CC1)CC1CC1. The van der Waals surface area contributed by atoms with E-state index in [0.717, 1.165) is 17.8 Å². The average Bonchev–Trinajstić information content (AvgIpc) is 3.09. The molecule has 0 aromatic heterocycles. The van der Waals surface area contributed by atoms with Gasteiger partial charge in [0.25, 0.3) is 0 Å². The average molecular weight is 288 g/mol. The van der Waals surface area contributed by atoms with Crippen LogP contribution >= 0.6 is 15.9 Å². The van der Waals surface area contributed by atoms with Crippen LogP contribution in [-0.4, -0.2) is 29.9 Å². The van der Waals surface area contributed by atoms with E-state index in [4.69, 9.17) is 0 Å². The zero-order chi connectivity index (χ0) is 11.4. The maximum absolute atomic E-state index is 3.54. The Labute approximate surface area is 109 Å². The lowest BCUT2D eigenvalue weighted by Crippen LogP contribution is -2.30. The highest BCUT2D eigenvalue weighted by Gasteiger charge is 2.28. The first-order chi connectivity index (χ1) is 7.78. The van der Waals surface area contributed by atoms with Crippen LogP contribution in [0.25, 0.3) is 0 Å². The van der Waals surface area contributed by atoms with Gasteiger partial charge in [-0.15, -0.1) is 0 Å². The molecule has 0 aromatic rings. The largest absolute Gasteiger partial charge is 0.303 e. The van der Waals surface area contributed by atoms with Crippen molar-refractivity contribution in [3.63, 3.8) is 0 Å². The molecule has 2 aliphatic rings. The Morgan fingerprint density at radius 2 is 1.62 bits per heavy atom. The maximum Gasteiger partial charge on any atom is 0.00338 e. The molecule has 94 valence electrons. The van der Waals surface area contributed by atoms with Crippen molar-refractivity contribution >= 4 is 15.9 Å². The van der Waals surface area contributed by atoms with Crippen molar-refractivity contribution in [2.75, 3.05) is 25.0 Å². The van der Waals surface area contributed by atoms with E-state index in [1.54, 1.807) is 0 Å². The fourth-order valence-electron chi connectivity index (χ4n) is 2.32. The first kappa shape index (κ1) is 12.9. The Morgan fingerprint density at radius 3 is 2.06 bits per heavy atom. The molecule has 0 spiro atoms. The van der Waals surface area contributed by atoms with Gasteiger partial charge in [0.15, 0.2) is 0 Å². The van der Waals surface area contributed by atoms with Gasteiger partial charge in [-0.05, 0) is 62.8 Å². The Bertz CT molecular complexity index is 185. The molecule has 0 N–H and O–H groups in total. The molecule has 0 saturated heterocycles. The molecule has 0 aliphatic heterocycles. The lowest BCUT2D eigenvalue weighted by atomic mass is 10.0. The van der Waals surface area contributed by atoms with Gasteiger partial charge in [0.2, 0.25) is 0 Å². The van der Waals surface area contributed by atoms with Gasteiger partial charge in [-0.25, -0.2) is 0 Å². The fourth-order valence-corrected chi connectivity index (χ4v) is 3.10. The third-order valence-corrected chi connectivity index (χ3v) is 4.42. The van der Waals surface area contributed by atoms with E-state index in [2.05, 4.69) is 27.8 Å². The molecule has 2 heteroatoms. The highest BCUT2D eigenvalue weighted by molar-refractivity contribution is 9.09. The Hall–Kier alpha value is 0.440. The van der Waals surface area contributed by atoms with E-state index >= 15 is 0 Å². The lowest BCUT2D eigenvalue weighted by Gasteiger charge is -2.23. The normalized spacial score (nSPS) is 22.7. The molecule has 16 heavy (non-hydrogen) atoms. The van der Waals surface area contributed by atoms with Crippen molar-refractivity contribution in [2.45, 2.75) is 45.4 Å². The van der Waals surface area contributed by atoms with Gasteiger partial charge in [0.05, 0.1) is 0 Å². The van der Waals surface area contributed by atoms with Crippen LogP contribution in [-0.2, 0) is 0 Å². The minimum atomic E-state index is 0.889. The molecule has 1 nitrogen and oxygen atoms in total. The maximum atomic E-state index is 3.54. The monoisotopic (exact) mass is 287 g/mol. The number of hydrogen-bond acceptors (Lipinski definition) is 1. The van der Waals surface area contributed by atoms with E-state index in [1.165, 1.54) is 63.5 Å². The van der Waals surface area contributed by atoms with E-state index in [0.29, 0.717) is 0 Å². The number of alkyl halides is 1. The molecule has 2 saturated carbocycles. The summed E-state index contributed by atoms with van der Waals surface area (Å²) in [6.07, 6.45) is 8.72. The summed E-state index contributed by atoms with van der Waals surface area (Å²) in [6, 6.07) is 0. The van der Waals surface area contributed by atoms with Gasteiger partial charge >= 0.3 is 0 Å². The van der Waals surface area contributed by atoms with Gasteiger partial charge < -0.3 is 4.90 Å². The van der Waals surface area contributed by atoms with E-state index in [9.17, 15) is 0 Å². The number of nitrogens with zero attached hydrogens (tertiary/aromatic N) is 1. The van der Waals surface area contributed by atoms with Gasteiger partial charge in [-0.1, -0.05) is 22.9 Å². The zero-order valence-electron chi connectivity index (χ0n) is 10.6. The molecule has 0 aromatic carbocycles. The summed E-state index contributed by atoms with van der Waals surface area (Å²) in [5, 5.41) is 1.17. The fraction of sp³-hybridized carbons (Fsp3) is 1.00. The van der Waals surface area contributed by atoms with Gasteiger partial charge in [0.1, 0.15) is 0 Å². The predicted octanol–water partition coefficient (Wildman–Crippen LogP) is 3.92. The van der Waals surface area contributed by atoms with Crippen molar-refractivity contribution in [1.82, 2.24) is 4.90 Å². The minimum absolute atomic E-state index is 0.889. The molecule has 2 rings (SSSR count). The van der Waals surface area contributed by atoms with Crippen LogP contribution in [0.4, 0.5) is 0 Å². The second-order valence-corrected chi connectivity index (χ2v) is 6.81. The quantitative estimate of drug-likeness (QED) is 0.581. The summed E-state index contributed by atoms with van der Waals surface area (Å²) in [5.41, 5.74) is 0. The van der Waals surface area contributed by atoms with Crippen molar-refractivity contribution in [3.05, 3.63) is 0 Å². The highest BCUT2D eigenvalue weighted by atomic mass is 79.9. The number of rotatable bonds is 9. The van der Waals surface area contributed by atoms with Crippen LogP contribution in [0.2, 0.25) is 0 Å². The van der Waals surface area contributed by atoms with Crippen molar-refractivity contribution < 1.29 is 0 Å². The summed E-state index contributed by atoms with van der Waals surface area (Å²) >= 11 is 3.54. The smallest absolute Gasteiger partial charge is 0.00338 e.